The highest BCUT2D eigenvalue weighted by atomic mass is 16.5. The Morgan fingerprint density at radius 1 is 1.53 bits per heavy atom. The number of methoxy groups -OCH3 is 1. The maximum Gasteiger partial charge on any atom is 0.313 e. The molecule has 0 heterocycles. The van der Waals surface area contributed by atoms with Gasteiger partial charge in [-0.3, -0.25) is 9.59 Å². The third kappa shape index (κ3) is 1.58. The molecular weight excluding hydrogens is 220 g/mol. The summed E-state index contributed by atoms with van der Waals surface area (Å²) in [5, 5.41) is 9.34. The highest BCUT2D eigenvalue weighted by molar-refractivity contribution is 5.86. The summed E-state index contributed by atoms with van der Waals surface area (Å²) < 4.78 is 4.89. The van der Waals surface area contributed by atoms with E-state index in [-0.39, 0.29) is 11.9 Å². The van der Waals surface area contributed by atoms with Crippen molar-refractivity contribution in [2.75, 3.05) is 7.11 Å². The van der Waals surface area contributed by atoms with Crippen LogP contribution in [0.4, 0.5) is 0 Å². The van der Waals surface area contributed by atoms with E-state index >= 15 is 0 Å². The lowest BCUT2D eigenvalue weighted by Crippen LogP contribution is -2.46. The number of allylic oxidation sites excluding steroid dienone is 2. The molecule has 0 radical (unpaired) electrons. The third-order valence-corrected chi connectivity index (χ3v) is 4.33. The number of hydrogen-bond donors (Lipinski definition) is 1. The molecule has 1 saturated carbocycles. The maximum atomic E-state index is 12.1. The summed E-state index contributed by atoms with van der Waals surface area (Å²) in [5.74, 6) is -1.52. The van der Waals surface area contributed by atoms with Crippen LogP contribution >= 0.6 is 0 Å². The Labute approximate surface area is 101 Å². The van der Waals surface area contributed by atoms with Crippen molar-refractivity contribution in [2.45, 2.75) is 26.2 Å². The molecule has 0 spiro atoms. The molecule has 2 aliphatic carbocycles. The van der Waals surface area contributed by atoms with E-state index in [1.54, 1.807) is 0 Å². The SMILES string of the molecule is CCC(C(=O)O)C1(C(=O)OC)CC2C=CC1C2. The van der Waals surface area contributed by atoms with Crippen LogP contribution in [0.2, 0.25) is 0 Å². The van der Waals surface area contributed by atoms with Gasteiger partial charge in [0.25, 0.3) is 0 Å². The number of ether oxygens (including phenoxy) is 1. The number of fused-ring (bicyclic) bond motifs is 2. The summed E-state index contributed by atoms with van der Waals surface area (Å²) in [6.45, 7) is 1.82. The molecule has 0 aromatic carbocycles. The molecule has 2 rings (SSSR count). The molecule has 0 amide bonds. The first-order valence-electron chi connectivity index (χ1n) is 6.05. The van der Waals surface area contributed by atoms with Crippen molar-refractivity contribution >= 4 is 11.9 Å². The molecule has 2 aliphatic rings. The Morgan fingerprint density at radius 3 is 2.59 bits per heavy atom. The van der Waals surface area contributed by atoms with Gasteiger partial charge in [-0.2, -0.15) is 0 Å². The van der Waals surface area contributed by atoms with Gasteiger partial charge < -0.3 is 9.84 Å². The molecule has 1 N–H and O–H groups in total. The minimum atomic E-state index is -0.890. The molecule has 0 aromatic rings. The number of carbonyl (C=O) groups is 2. The van der Waals surface area contributed by atoms with Crippen LogP contribution < -0.4 is 0 Å². The lowest BCUT2D eigenvalue weighted by molar-refractivity contribution is -0.167. The van der Waals surface area contributed by atoms with Crippen molar-refractivity contribution in [2.24, 2.45) is 23.2 Å². The standard InChI is InChI=1S/C13H18O4/c1-3-10(11(14)15)13(12(16)17-2)7-8-4-5-9(13)6-8/h4-5,8-10H,3,6-7H2,1-2H3,(H,14,15). The van der Waals surface area contributed by atoms with Crippen LogP contribution in [-0.4, -0.2) is 24.2 Å². The van der Waals surface area contributed by atoms with Gasteiger partial charge in [0.1, 0.15) is 0 Å². The number of hydrogen-bond acceptors (Lipinski definition) is 3. The molecular formula is C13H18O4. The fourth-order valence-electron chi connectivity index (χ4n) is 3.62. The lowest BCUT2D eigenvalue weighted by atomic mass is 9.65. The topological polar surface area (TPSA) is 63.6 Å². The van der Waals surface area contributed by atoms with Crippen molar-refractivity contribution in [3.05, 3.63) is 12.2 Å². The molecule has 0 aromatic heterocycles. The molecule has 1 fully saturated rings. The van der Waals surface area contributed by atoms with Crippen LogP contribution in [0.15, 0.2) is 12.2 Å². The van der Waals surface area contributed by atoms with Gasteiger partial charge >= 0.3 is 11.9 Å². The van der Waals surface area contributed by atoms with Gasteiger partial charge in [0, 0.05) is 0 Å². The zero-order valence-electron chi connectivity index (χ0n) is 10.2. The van der Waals surface area contributed by atoms with Gasteiger partial charge in [-0.15, -0.1) is 0 Å². The molecule has 17 heavy (non-hydrogen) atoms. The quantitative estimate of drug-likeness (QED) is 0.599. The van der Waals surface area contributed by atoms with E-state index in [9.17, 15) is 14.7 Å². The first-order valence-corrected chi connectivity index (χ1v) is 6.05. The van der Waals surface area contributed by atoms with Crippen LogP contribution in [0.25, 0.3) is 0 Å². The van der Waals surface area contributed by atoms with E-state index in [0.29, 0.717) is 18.8 Å². The minimum Gasteiger partial charge on any atom is -0.481 e. The van der Waals surface area contributed by atoms with Gasteiger partial charge in [0.2, 0.25) is 0 Å². The zero-order chi connectivity index (χ0) is 12.6. The summed E-state index contributed by atoms with van der Waals surface area (Å²) in [6.07, 6.45) is 6.06. The van der Waals surface area contributed by atoms with Crippen molar-refractivity contribution in [3.8, 4) is 0 Å². The van der Waals surface area contributed by atoms with Crippen molar-refractivity contribution in [3.63, 3.8) is 0 Å². The Morgan fingerprint density at radius 2 is 2.24 bits per heavy atom. The van der Waals surface area contributed by atoms with E-state index in [4.69, 9.17) is 4.74 Å². The van der Waals surface area contributed by atoms with Crippen molar-refractivity contribution in [1.29, 1.82) is 0 Å². The van der Waals surface area contributed by atoms with Crippen LogP contribution in [-0.2, 0) is 14.3 Å². The molecule has 4 nitrogen and oxygen atoms in total. The van der Waals surface area contributed by atoms with Gasteiger partial charge in [0.05, 0.1) is 18.4 Å². The van der Waals surface area contributed by atoms with Crippen LogP contribution in [0.3, 0.4) is 0 Å². The Kier molecular flexibility index (Phi) is 2.98. The monoisotopic (exact) mass is 238 g/mol. The number of esters is 1. The van der Waals surface area contributed by atoms with Crippen molar-refractivity contribution < 1.29 is 19.4 Å². The van der Waals surface area contributed by atoms with E-state index in [1.807, 2.05) is 13.0 Å². The normalized spacial score (nSPS) is 35.9. The van der Waals surface area contributed by atoms with Crippen molar-refractivity contribution in [1.82, 2.24) is 0 Å². The summed E-state index contributed by atoms with van der Waals surface area (Å²) in [5.41, 5.74) is -0.839. The van der Waals surface area contributed by atoms with Gasteiger partial charge in [-0.05, 0) is 31.1 Å². The summed E-state index contributed by atoms with van der Waals surface area (Å²) in [7, 11) is 1.34. The lowest BCUT2D eigenvalue weighted by Gasteiger charge is -2.37. The number of carboxylic acid groups (broad SMARTS) is 1. The molecule has 4 unspecified atom stereocenters. The molecule has 0 saturated heterocycles. The van der Waals surface area contributed by atoms with E-state index < -0.39 is 17.3 Å². The molecule has 4 heteroatoms. The first kappa shape index (κ1) is 12.1. The average molecular weight is 238 g/mol. The number of aliphatic carboxylic acids is 1. The van der Waals surface area contributed by atoms with Gasteiger partial charge in [-0.1, -0.05) is 19.1 Å². The minimum absolute atomic E-state index is 0.0287. The third-order valence-electron chi connectivity index (χ3n) is 4.33. The van der Waals surface area contributed by atoms with Crippen LogP contribution in [0.1, 0.15) is 26.2 Å². The Hall–Kier alpha value is -1.32. The second-order valence-electron chi connectivity index (χ2n) is 5.02. The number of carboxylic acids is 1. The zero-order valence-corrected chi connectivity index (χ0v) is 10.2. The van der Waals surface area contributed by atoms with Gasteiger partial charge in [-0.25, -0.2) is 0 Å². The van der Waals surface area contributed by atoms with Crippen LogP contribution in [0, 0.1) is 23.2 Å². The number of carbonyl (C=O) groups excluding carboxylic acids is 1. The molecule has 0 aliphatic heterocycles. The fourth-order valence-corrected chi connectivity index (χ4v) is 3.62. The molecule has 2 bridgehead atoms. The average Bonchev–Trinajstić information content (AvgIpc) is 2.89. The van der Waals surface area contributed by atoms with Crippen LogP contribution in [0.5, 0.6) is 0 Å². The smallest absolute Gasteiger partial charge is 0.313 e. The summed E-state index contributed by atoms with van der Waals surface area (Å²) >= 11 is 0. The van der Waals surface area contributed by atoms with E-state index in [0.717, 1.165) is 6.42 Å². The summed E-state index contributed by atoms with van der Waals surface area (Å²) in [6, 6.07) is 0. The molecule has 94 valence electrons. The van der Waals surface area contributed by atoms with E-state index in [1.165, 1.54) is 7.11 Å². The Balaban J connectivity index is 2.41. The maximum absolute atomic E-state index is 12.1. The second-order valence-corrected chi connectivity index (χ2v) is 5.02. The predicted octanol–water partition coefficient (Wildman–Crippen LogP) is 1.85. The fraction of sp³-hybridized carbons (Fsp3) is 0.692. The highest BCUT2D eigenvalue weighted by Crippen LogP contribution is 2.57. The summed E-state index contributed by atoms with van der Waals surface area (Å²) in [4.78, 5) is 23.5. The predicted molar refractivity (Wildman–Crippen MR) is 61.2 cm³/mol. The highest BCUT2D eigenvalue weighted by Gasteiger charge is 2.60. The number of rotatable bonds is 4. The Bertz CT molecular complexity index is 374. The largest absolute Gasteiger partial charge is 0.481 e. The van der Waals surface area contributed by atoms with E-state index in [2.05, 4.69) is 6.08 Å². The first-order chi connectivity index (χ1) is 8.06. The molecule has 4 atom stereocenters. The second kappa shape index (κ2) is 4.17. The van der Waals surface area contributed by atoms with Gasteiger partial charge in [0.15, 0.2) is 0 Å².